The van der Waals surface area contributed by atoms with Gasteiger partial charge in [0.15, 0.2) is 0 Å². The van der Waals surface area contributed by atoms with Crippen molar-refractivity contribution in [2.75, 3.05) is 19.7 Å². The molecule has 26 heavy (non-hydrogen) atoms. The second-order valence-electron chi connectivity index (χ2n) is 6.77. The van der Waals surface area contributed by atoms with E-state index in [1.54, 1.807) is 0 Å². The summed E-state index contributed by atoms with van der Waals surface area (Å²) in [5.74, 6) is 0.571. The number of aromatic nitrogens is 1. The highest BCUT2D eigenvalue weighted by atomic mass is 32.1. The molecule has 0 spiro atoms. The monoisotopic (exact) mass is 371 g/mol. The summed E-state index contributed by atoms with van der Waals surface area (Å²) in [6.07, 6.45) is 1.04. The van der Waals surface area contributed by atoms with Gasteiger partial charge in [0, 0.05) is 24.1 Å². The Labute approximate surface area is 158 Å². The maximum absolute atomic E-state index is 10.4. The van der Waals surface area contributed by atoms with Gasteiger partial charge in [-0.05, 0) is 27.2 Å². The first-order valence-corrected chi connectivity index (χ1v) is 9.74. The van der Waals surface area contributed by atoms with Crippen LogP contribution in [0.5, 0.6) is 0 Å². The number of aliphatic hydroxyl groups excluding tert-OH is 1. The van der Waals surface area contributed by atoms with Crippen molar-refractivity contribution in [1.82, 2.24) is 9.88 Å². The third-order valence-corrected chi connectivity index (χ3v) is 5.13. The molecular formula is C20H25N3O2S. The van der Waals surface area contributed by atoms with Gasteiger partial charge in [0.05, 0.1) is 23.9 Å². The van der Waals surface area contributed by atoms with Crippen molar-refractivity contribution >= 4 is 22.7 Å². The molecule has 6 heteroatoms. The smallest absolute Gasteiger partial charge is 0.135 e. The summed E-state index contributed by atoms with van der Waals surface area (Å²) in [5, 5.41) is 21.5. The number of nitrogens with one attached hydrogen (secondary N) is 1. The Morgan fingerprint density at radius 1 is 1.31 bits per heavy atom. The lowest BCUT2D eigenvalue weighted by Gasteiger charge is -2.18. The minimum Gasteiger partial charge on any atom is -0.510 e. The van der Waals surface area contributed by atoms with E-state index in [1.165, 1.54) is 16.9 Å². The number of thiazole rings is 1. The van der Waals surface area contributed by atoms with Crippen LogP contribution in [-0.4, -0.2) is 46.6 Å². The van der Waals surface area contributed by atoms with Crippen molar-refractivity contribution in [3.63, 3.8) is 0 Å². The van der Waals surface area contributed by atoms with Crippen LogP contribution in [0.15, 0.2) is 35.4 Å². The minimum absolute atomic E-state index is 0.214. The fraction of sp³-hybridized carbons (Fsp3) is 0.400. The van der Waals surface area contributed by atoms with Crippen LogP contribution in [-0.2, 0) is 4.74 Å². The third-order valence-electron chi connectivity index (χ3n) is 4.27. The van der Waals surface area contributed by atoms with Gasteiger partial charge in [-0.15, -0.1) is 11.3 Å². The van der Waals surface area contributed by atoms with Gasteiger partial charge in [0.1, 0.15) is 16.6 Å². The molecule has 0 radical (unpaired) electrons. The SMILES string of the molecule is Cc1ccc(-c2csc(C3=C(O)CN(CCCOC(C)C)C3=N)n2)cc1. The average molecular weight is 372 g/mol. The largest absolute Gasteiger partial charge is 0.510 e. The average Bonchev–Trinajstić information content (AvgIpc) is 3.17. The molecule has 0 atom stereocenters. The quantitative estimate of drug-likeness (QED) is 0.703. The second-order valence-corrected chi connectivity index (χ2v) is 7.63. The first-order chi connectivity index (χ1) is 12.5. The van der Waals surface area contributed by atoms with E-state index < -0.39 is 0 Å². The van der Waals surface area contributed by atoms with E-state index in [2.05, 4.69) is 24.0 Å². The highest BCUT2D eigenvalue weighted by Gasteiger charge is 2.29. The number of benzene rings is 1. The first kappa shape index (κ1) is 18.6. The number of rotatable bonds is 7. The highest BCUT2D eigenvalue weighted by Crippen LogP contribution is 2.32. The molecule has 0 fully saturated rings. The van der Waals surface area contributed by atoms with Crippen LogP contribution in [0.3, 0.4) is 0 Å². The molecule has 0 unspecified atom stereocenters. The summed E-state index contributed by atoms with van der Waals surface area (Å²) < 4.78 is 5.55. The molecule has 0 saturated carbocycles. The fourth-order valence-electron chi connectivity index (χ4n) is 2.87. The van der Waals surface area contributed by atoms with Gasteiger partial charge in [0.25, 0.3) is 0 Å². The Bertz CT molecular complexity index is 809. The highest BCUT2D eigenvalue weighted by molar-refractivity contribution is 7.11. The van der Waals surface area contributed by atoms with E-state index in [0.29, 0.717) is 36.1 Å². The predicted octanol–water partition coefficient (Wildman–Crippen LogP) is 4.50. The van der Waals surface area contributed by atoms with E-state index in [-0.39, 0.29) is 11.9 Å². The summed E-state index contributed by atoms with van der Waals surface area (Å²) in [5.41, 5.74) is 3.68. The number of aryl methyl sites for hydroxylation is 1. The van der Waals surface area contributed by atoms with Gasteiger partial charge in [-0.2, -0.15) is 0 Å². The maximum atomic E-state index is 10.4. The van der Waals surface area contributed by atoms with E-state index >= 15 is 0 Å². The molecule has 1 aliphatic rings. The molecule has 1 aromatic carbocycles. The van der Waals surface area contributed by atoms with Crippen LogP contribution in [0, 0.1) is 12.3 Å². The summed E-state index contributed by atoms with van der Waals surface area (Å²) in [6, 6.07) is 8.21. The normalized spacial score (nSPS) is 14.8. The van der Waals surface area contributed by atoms with Crippen molar-refractivity contribution in [2.24, 2.45) is 0 Å². The van der Waals surface area contributed by atoms with Crippen LogP contribution < -0.4 is 0 Å². The van der Waals surface area contributed by atoms with Gasteiger partial charge in [-0.25, -0.2) is 4.98 Å². The van der Waals surface area contributed by atoms with E-state index in [1.807, 2.05) is 36.3 Å². The minimum atomic E-state index is 0.214. The molecule has 138 valence electrons. The lowest BCUT2D eigenvalue weighted by atomic mass is 10.1. The van der Waals surface area contributed by atoms with Crippen molar-refractivity contribution in [3.05, 3.63) is 46.0 Å². The molecule has 1 aromatic heterocycles. The number of ether oxygens (including phenoxy) is 1. The fourth-order valence-corrected chi connectivity index (χ4v) is 3.76. The number of nitrogens with zero attached hydrogens (tertiary/aromatic N) is 2. The lowest BCUT2D eigenvalue weighted by Crippen LogP contribution is -2.28. The summed E-state index contributed by atoms with van der Waals surface area (Å²) in [4.78, 5) is 6.53. The third kappa shape index (κ3) is 4.14. The number of aliphatic hydroxyl groups is 1. The van der Waals surface area contributed by atoms with Crippen LogP contribution in [0.4, 0.5) is 0 Å². The molecule has 5 nitrogen and oxygen atoms in total. The maximum Gasteiger partial charge on any atom is 0.135 e. The van der Waals surface area contributed by atoms with Gasteiger partial charge in [-0.3, -0.25) is 5.41 Å². The standard InChI is InChI=1S/C20H25N3O2S/c1-13(2)25-10-4-9-23-11-17(24)18(19(23)21)20-22-16(12-26-20)15-7-5-14(3)6-8-15/h5-8,12-13,21,24H,4,9-11H2,1-3H3. The zero-order valence-corrected chi connectivity index (χ0v) is 16.3. The summed E-state index contributed by atoms with van der Waals surface area (Å²) in [6.45, 7) is 7.80. The van der Waals surface area contributed by atoms with Crippen molar-refractivity contribution in [3.8, 4) is 11.3 Å². The number of amidine groups is 1. The number of hydrogen-bond acceptors (Lipinski definition) is 5. The topological polar surface area (TPSA) is 69.4 Å². The molecule has 0 amide bonds. The molecule has 0 aliphatic carbocycles. The Hall–Kier alpha value is -2.18. The predicted molar refractivity (Wildman–Crippen MR) is 107 cm³/mol. The van der Waals surface area contributed by atoms with Gasteiger partial charge in [0.2, 0.25) is 0 Å². The Balaban J connectivity index is 1.68. The van der Waals surface area contributed by atoms with Crippen LogP contribution >= 0.6 is 11.3 Å². The molecule has 3 rings (SSSR count). The van der Waals surface area contributed by atoms with Crippen molar-refractivity contribution < 1.29 is 9.84 Å². The van der Waals surface area contributed by atoms with E-state index in [0.717, 1.165) is 17.7 Å². The molecule has 0 bridgehead atoms. The second kappa shape index (κ2) is 8.01. The first-order valence-electron chi connectivity index (χ1n) is 8.86. The molecular weight excluding hydrogens is 346 g/mol. The number of hydrogen-bond donors (Lipinski definition) is 2. The zero-order valence-electron chi connectivity index (χ0n) is 15.5. The Morgan fingerprint density at radius 2 is 2.04 bits per heavy atom. The lowest BCUT2D eigenvalue weighted by molar-refractivity contribution is 0.0742. The zero-order chi connectivity index (χ0) is 18.7. The Kier molecular flexibility index (Phi) is 5.74. The molecule has 2 heterocycles. The summed E-state index contributed by atoms with van der Waals surface area (Å²) in [7, 11) is 0. The van der Waals surface area contributed by atoms with Crippen molar-refractivity contribution in [1.29, 1.82) is 5.41 Å². The van der Waals surface area contributed by atoms with Crippen LogP contribution in [0.2, 0.25) is 0 Å². The van der Waals surface area contributed by atoms with Crippen molar-refractivity contribution in [2.45, 2.75) is 33.3 Å². The van der Waals surface area contributed by atoms with E-state index in [4.69, 9.17) is 10.1 Å². The molecule has 0 saturated heterocycles. The van der Waals surface area contributed by atoms with Gasteiger partial charge >= 0.3 is 0 Å². The van der Waals surface area contributed by atoms with Gasteiger partial charge < -0.3 is 14.7 Å². The Morgan fingerprint density at radius 3 is 2.73 bits per heavy atom. The van der Waals surface area contributed by atoms with Crippen LogP contribution in [0.1, 0.15) is 30.8 Å². The summed E-state index contributed by atoms with van der Waals surface area (Å²) >= 11 is 1.47. The van der Waals surface area contributed by atoms with Crippen LogP contribution in [0.25, 0.3) is 16.8 Å². The molecule has 2 N–H and O–H groups in total. The van der Waals surface area contributed by atoms with Gasteiger partial charge in [-0.1, -0.05) is 29.8 Å². The van der Waals surface area contributed by atoms with E-state index in [9.17, 15) is 5.11 Å². The molecule has 1 aliphatic heterocycles. The molecule has 2 aromatic rings.